The third kappa shape index (κ3) is 3.08. The van der Waals surface area contributed by atoms with Gasteiger partial charge in [-0.3, -0.25) is 4.79 Å². The van der Waals surface area contributed by atoms with E-state index >= 15 is 0 Å². The number of pyridine rings is 1. The van der Waals surface area contributed by atoms with Crippen LogP contribution in [-0.2, 0) is 0 Å². The molecule has 2 aromatic rings. The zero-order valence-electron chi connectivity index (χ0n) is 9.15. The lowest BCUT2D eigenvalue weighted by atomic mass is 10.2. The standard InChI is InChI=1S/C12H9Br2N3O/c13-8-5-10(14)12(16-6-8)17-9-3-1-7(2-4-9)11(15)18/h1-6H,(H2,15,18)(H,16,17). The van der Waals surface area contributed by atoms with Crippen molar-refractivity contribution in [2.24, 2.45) is 5.73 Å². The molecule has 0 spiro atoms. The predicted molar refractivity (Wildman–Crippen MR) is 77.9 cm³/mol. The highest BCUT2D eigenvalue weighted by Gasteiger charge is 2.04. The zero-order chi connectivity index (χ0) is 13.1. The highest BCUT2D eigenvalue weighted by Crippen LogP contribution is 2.26. The molecule has 0 saturated heterocycles. The molecule has 0 unspecified atom stereocenters. The molecular formula is C12H9Br2N3O. The first kappa shape index (κ1) is 13.0. The molecule has 0 saturated carbocycles. The number of halogens is 2. The molecule has 1 heterocycles. The van der Waals surface area contributed by atoms with Crippen LogP contribution in [0.2, 0.25) is 0 Å². The van der Waals surface area contributed by atoms with Gasteiger partial charge in [0.1, 0.15) is 5.82 Å². The first-order chi connectivity index (χ1) is 8.56. The van der Waals surface area contributed by atoms with E-state index in [0.29, 0.717) is 11.4 Å². The Kier molecular flexibility index (Phi) is 3.98. The quantitative estimate of drug-likeness (QED) is 0.869. The maximum absolute atomic E-state index is 10.9. The van der Waals surface area contributed by atoms with Crippen molar-refractivity contribution < 1.29 is 4.79 Å². The molecule has 1 aromatic carbocycles. The summed E-state index contributed by atoms with van der Waals surface area (Å²) in [5.74, 6) is 0.259. The number of primary amides is 1. The van der Waals surface area contributed by atoms with E-state index in [2.05, 4.69) is 42.2 Å². The lowest BCUT2D eigenvalue weighted by molar-refractivity contribution is 0.100. The summed E-state index contributed by atoms with van der Waals surface area (Å²) >= 11 is 6.75. The number of aromatic nitrogens is 1. The summed E-state index contributed by atoms with van der Waals surface area (Å²) in [6.07, 6.45) is 1.70. The van der Waals surface area contributed by atoms with Crippen LogP contribution in [-0.4, -0.2) is 10.9 Å². The molecule has 0 bridgehead atoms. The van der Waals surface area contributed by atoms with Crippen molar-refractivity contribution in [3.8, 4) is 0 Å². The molecule has 0 aliphatic heterocycles. The van der Waals surface area contributed by atoms with Crippen LogP contribution in [0.5, 0.6) is 0 Å². The molecule has 18 heavy (non-hydrogen) atoms. The third-order valence-corrected chi connectivity index (χ3v) is 3.28. The van der Waals surface area contributed by atoms with Crippen molar-refractivity contribution in [3.63, 3.8) is 0 Å². The van der Waals surface area contributed by atoms with Gasteiger partial charge in [0.15, 0.2) is 0 Å². The van der Waals surface area contributed by atoms with E-state index in [-0.39, 0.29) is 0 Å². The van der Waals surface area contributed by atoms with E-state index < -0.39 is 5.91 Å². The second kappa shape index (κ2) is 5.49. The number of nitrogens with one attached hydrogen (secondary N) is 1. The summed E-state index contributed by atoms with van der Waals surface area (Å²) in [5, 5.41) is 3.13. The molecule has 0 aliphatic carbocycles. The number of rotatable bonds is 3. The molecule has 0 aliphatic rings. The molecule has 2 rings (SSSR count). The zero-order valence-corrected chi connectivity index (χ0v) is 12.3. The Morgan fingerprint density at radius 2 is 1.89 bits per heavy atom. The number of nitrogens with two attached hydrogens (primary N) is 1. The number of carbonyl (C=O) groups excluding carboxylic acids is 1. The van der Waals surface area contributed by atoms with Gasteiger partial charge in [-0.05, 0) is 62.2 Å². The van der Waals surface area contributed by atoms with Gasteiger partial charge in [-0.1, -0.05) is 0 Å². The summed E-state index contributed by atoms with van der Waals surface area (Å²) in [6.45, 7) is 0. The van der Waals surface area contributed by atoms with Crippen molar-refractivity contribution in [2.75, 3.05) is 5.32 Å². The molecule has 6 heteroatoms. The number of anilines is 2. The van der Waals surface area contributed by atoms with Crippen LogP contribution in [0.25, 0.3) is 0 Å². The van der Waals surface area contributed by atoms with E-state index in [9.17, 15) is 4.79 Å². The summed E-state index contributed by atoms with van der Waals surface area (Å²) in [6, 6.07) is 8.77. The van der Waals surface area contributed by atoms with Gasteiger partial charge in [-0.25, -0.2) is 4.98 Å². The average molecular weight is 371 g/mol. The number of carbonyl (C=O) groups is 1. The van der Waals surface area contributed by atoms with Gasteiger partial charge in [0, 0.05) is 21.9 Å². The summed E-state index contributed by atoms with van der Waals surface area (Å²) in [4.78, 5) is 15.2. The number of hydrogen-bond donors (Lipinski definition) is 2. The summed E-state index contributed by atoms with van der Waals surface area (Å²) < 4.78 is 1.74. The van der Waals surface area contributed by atoms with Gasteiger partial charge in [0.25, 0.3) is 0 Å². The van der Waals surface area contributed by atoms with E-state index in [0.717, 1.165) is 14.6 Å². The van der Waals surface area contributed by atoms with Crippen LogP contribution in [0.3, 0.4) is 0 Å². The van der Waals surface area contributed by atoms with Gasteiger partial charge < -0.3 is 11.1 Å². The van der Waals surface area contributed by atoms with E-state index in [1.807, 2.05) is 6.07 Å². The smallest absolute Gasteiger partial charge is 0.248 e. The maximum Gasteiger partial charge on any atom is 0.248 e. The van der Waals surface area contributed by atoms with Crippen LogP contribution >= 0.6 is 31.9 Å². The van der Waals surface area contributed by atoms with Gasteiger partial charge >= 0.3 is 0 Å². The Bertz CT molecular complexity index is 584. The normalized spacial score (nSPS) is 10.1. The van der Waals surface area contributed by atoms with Gasteiger partial charge in [-0.15, -0.1) is 0 Å². The second-order valence-corrected chi connectivity index (χ2v) is 5.32. The Labute approximate surface area is 121 Å². The number of benzene rings is 1. The molecule has 92 valence electrons. The Morgan fingerprint density at radius 3 is 2.44 bits per heavy atom. The second-order valence-electron chi connectivity index (χ2n) is 3.55. The third-order valence-electron chi connectivity index (χ3n) is 2.24. The maximum atomic E-state index is 10.9. The van der Waals surface area contributed by atoms with Crippen LogP contribution < -0.4 is 11.1 Å². The molecule has 3 N–H and O–H groups in total. The highest BCUT2D eigenvalue weighted by atomic mass is 79.9. The Morgan fingerprint density at radius 1 is 1.22 bits per heavy atom. The van der Waals surface area contributed by atoms with Gasteiger partial charge in [0.05, 0.1) is 4.47 Å². The van der Waals surface area contributed by atoms with Crippen molar-refractivity contribution in [2.45, 2.75) is 0 Å². The average Bonchev–Trinajstić information content (AvgIpc) is 2.33. The van der Waals surface area contributed by atoms with Crippen molar-refractivity contribution >= 4 is 49.3 Å². The molecule has 4 nitrogen and oxygen atoms in total. The van der Waals surface area contributed by atoms with E-state index in [4.69, 9.17) is 5.73 Å². The fourth-order valence-electron chi connectivity index (χ4n) is 1.36. The number of hydrogen-bond acceptors (Lipinski definition) is 3. The van der Waals surface area contributed by atoms with Crippen LogP contribution in [0.15, 0.2) is 45.5 Å². The van der Waals surface area contributed by atoms with Crippen LogP contribution in [0, 0.1) is 0 Å². The van der Waals surface area contributed by atoms with E-state index in [1.54, 1.807) is 30.5 Å². The highest BCUT2D eigenvalue weighted by molar-refractivity contribution is 9.11. The lowest BCUT2D eigenvalue weighted by Gasteiger charge is -2.08. The minimum atomic E-state index is -0.440. The largest absolute Gasteiger partial charge is 0.366 e. The minimum Gasteiger partial charge on any atom is -0.366 e. The SMILES string of the molecule is NC(=O)c1ccc(Nc2ncc(Br)cc2Br)cc1. The molecule has 0 radical (unpaired) electrons. The Balaban J connectivity index is 2.21. The topological polar surface area (TPSA) is 68.0 Å². The predicted octanol–water partition coefficient (Wildman–Crippen LogP) is 3.45. The summed E-state index contributed by atoms with van der Waals surface area (Å²) in [5.41, 5.74) is 6.48. The number of amides is 1. The molecular weight excluding hydrogens is 362 g/mol. The van der Waals surface area contributed by atoms with Gasteiger partial charge in [0.2, 0.25) is 5.91 Å². The minimum absolute atomic E-state index is 0.440. The fraction of sp³-hybridized carbons (Fsp3) is 0. The van der Waals surface area contributed by atoms with Crippen molar-refractivity contribution in [3.05, 3.63) is 51.0 Å². The van der Waals surface area contributed by atoms with Gasteiger partial charge in [-0.2, -0.15) is 0 Å². The monoisotopic (exact) mass is 369 g/mol. The fourth-order valence-corrected chi connectivity index (χ4v) is 2.45. The lowest BCUT2D eigenvalue weighted by Crippen LogP contribution is -2.10. The summed E-state index contributed by atoms with van der Waals surface area (Å²) in [7, 11) is 0. The molecule has 1 aromatic heterocycles. The van der Waals surface area contributed by atoms with Crippen molar-refractivity contribution in [1.82, 2.24) is 4.98 Å². The first-order valence-electron chi connectivity index (χ1n) is 5.04. The van der Waals surface area contributed by atoms with E-state index in [1.165, 1.54) is 0 Å². The molecule has 0 fully saturated rings. The molecule has 0 atom stereocenters. The molecule has 1 amide bonds. The van der Waals surface area contributed by atoms with Crippen LogP contribution in [0.1, 0.15) is 10.4 Å². The van der Waals surface area contributed by atoms with Crippen LogP contribution in [0.4, 0.5) is 11.5 Å². The number of nitrogens with zero attached hydrogens (tertiary/aromatic N) is 1. The Hall–Kier alpha value is -1.40. The first-order valence-corrected chi connectivity index (χ1v) is 6.63. The van der Waals surface area contributed by atoms with Crippen molar-refractivity contribution in [1.29, 1.82) is 0 Å².